The first-order valence-corrected chi connectivity index (χ1v) is 11.7. The summed E-state index contributed by atoms with van der Waals surface area (Å²) < 4.78 is 16.9. The van der Waals surface area contributed by atoms with Crippen LogP contribution in [-0.4, -0.2) is 25.2 Å². The molecule has 180 valence electrons. The van der Waals surface area contributed by atoms with E-state index in [0.29, 0.717) is 22.9 Å². The summed E-state index contributed by atoms with van der Waals surface area (Å²) >= 11 is 11.7. The minimum atomic E-state index is -0.264. The van der Waals surface area contributed by atoms with E-state index in [-0.39, 0.29) is 17.6 Å². The molecule has 4 rings (SSSR count). The van der Waals surface area contributed by atoms with Crippen LogP contribution in [0.3, 0.4) is 0 Å². The van der Waals surface area contributed by atoms with Gasteiger partial charge in [0.05, 0.1) is 19.9 Å². The van der Waals surface area contributed by atoms with Crippen LogP contribution >= 0.6 is 23.8 Å². The molecule has 1 amide bonds. The number of thiocarbonyl (C=S) groups is 1. The van der Waals surface area contributed by atoms with Gasteiger partial charge in [0.15, 0.2) is 5.11 Å². The van der Waals surface area contributed by atoms with Crippen LogP contribution in [0.15, 0.2) is 60.3 Å². The minimum absolute atomic E-state index is 0.264. The second-order valence-electron chi connectivity index (χ2n) is 8.03. The van der Waals surface area contributed by atoms with E-state index in [2.05, 4.69) is 5.32 Å². The lowest BCUT2D eigenvalue weighted by molar-refractivity contribution is -0.113. The second-order valence-corrected chi connectivity index (χ2v) is 8.80. The van der Waals surface area contributed by atoms with Gasteiger partial charge in [-0.2, -0.15) is 0 Å². The molecule has 0 saturated carbocycles. The first kappa shape index (κ1) is 24.6. The standard InChI is InChI=1S/C27H25ClN2O4S/c1-16-11-20(12-17(2)25(16)28)34-15-19-13-18(9-10-23(19)32-3)14-21-26(31)30(27(35)29-21)22-7-5-6-8-24(22)33-4/h5-14H,15H2,1-4H3,(H,29,35)/b21-14+. The molecule has 1 heterocycles. The van der Waals surface area contributed by atoms with Crippen molar-refractivity contribution in [1.29, 1.82) is 0 Å². The van der Waals surface area contributed by atoms with Crippen LogP contribution in [-0.2, 0) is 11.4 Å². The third-order valence-electron chi connectivity index (χ3n) is 5.62. The molecule has 0 spiro atoms. The summed E-state index contributed by atoms with van der Waals surface area (Å²) in [5.74, 6) is 1.70. The third kappa shape index (κ3) is 5.11. The van der Waals surface area contributed by atoms with Crippen LogP contribution in [0.25, 0.3) is 6.08 Å². The van der Waals surface area contributed by atoms with Gasteiger partial charge in [-0.05, 0) is 85.2 Å². The van der Waals surface area contributed by atoms with Crippen molar-refractivity contribution in [3.63, 3.8) is 0 Å². The molecule has 0 aromatic heterocycles. The fourth-order valence-corrected chi connectivity index (χ4v) is 4.29. The quantitative estimate of drug-likeness (QED) is 0.321. The number of amides is 1. The normalized spacial score (nSPS) is 14.3. The van der Waals surface area contributed by atoms with E-state index in [9.17, 15) is 4.79 Å². The average Bonchev–Trinajstić information content (AvgIpc) is 3.13. The highest BCUT2D eigenvalue weighted by molar-refractivity contribution is 7.80. The molecule has 0 bridgehead atoms. The number of carbonyl (C=O) groups excluding carboxylic acids is 1. The summed E-state index contributed by atoms with van der Waals surface area (Å²) in [6.07, 6.45) is 1.75. The van der Waals surface area contributed by atoms with Gasteiger partial charge in [-0.3, -0.25) is 4.79 Å². The highest BCUT2D eigenvalue weighted by Crippen LogP contribution is 2.32. The molecule has 8 heteroatoms. The summed E-state index contributed by atoms with van der Waals surface area (Å²) in [5, 5.41) is 4.04. The number of nitrogens with zero attached hydrogens (tertiary/aromatic N) is 1. The Bertz CT molecular complexity index is 1320. The molecule has 0 radical (unpaired) electrons. The number of hydrogen-bond donors (Lipinski definition) is 1. The Morgan fingerprint density at radius 3 is 2.37 bits per heavy atom. The maximum Gasteiger partial charge on any atom is 0.281 e. The van der Waals surface area contributed by atoms with Gasteiger partial charge in [0.25, 0.3) is 5.91 Å². The van der Waals surface area contributed by atoms with Crippen molar-refractivity contribution < 1.29 is 19.0 Å². The lowest BCUT2D eigenvalue weighted by Gasteiger charge is -2.17. The van der Waals surface area contributed by atoms with Crippen molar-refractivity contribution in [2.45, 2.75) is 20.5 Å². The van der Waals surface area contributed by atoms with Crippen molar-refractivity contribution in [1.82, 2.24) is 5.32 Å². The minimum Gasteiger partial charge on any atom is -0.496 e. The zero-order chi connectivity index (χ0) is 25.1. The molecule has 35 heavy (non-hydrogen) atoms. The van der Waals surface area contributed by atoms with Crippen molar-refractivity contribution >= 4 is 46.6 Å². The number of anilines is 1. The van der Waals surface area contributed by atoms with E-state index < -0.39 is 0 Å². The second kappa shape index (κ2) is 10.4. The van der Waals surface area contributed by atoms with Gasteiger partial charge in [-0.15, -0.1) is 0 Å². The van der Waals surface area contributed by atoms with Gasteiger partial charge in [0, 0.05) is 10.6 Å². The fourth-order valence-electron chi connectivity index (χ4n) is 3.89. The molecule has 0 aliphatic carbocycles. The predicted molar refractivity (Wildman–Crippen MR) is 142 cm³/mol. The average molecular weight is 509 g/mol. The van der Waals surface area contributed by atoms with Crippen LogP contribution in [0.5, 0.6) is 17.2 Å². The Labute approximate surface area is 215 Å². The van der Waals surface area contributed by atoms with Crippen LogP contribution < -0.4 is 24.4 Å². The van der Waals surface area contributed by atoms with E-state index >= 15 is 0 Å². The summed E-state index contributed by atoms with van der Waals surface area (Å²) in [4.78, 5) is 14.6. The first-order valence-electron chi connectivity index (χ1n) is 10.9. The predicted octanol–water partition coefficient (Wildman–Crippen LogP) is 5.82. The highest BCUT2D eigenvalue weighted by atomic mass is 35.5. The Balaban J connectivity index is 1.59. The maximum atomic E-state index is 13.2. The summed E-state index contributed by atoms with van der Waals surface area (Å²) in [5.41, 5.74) is 4.48. The Morgan fingerprint density at radius 1 is 1.00 bits per heavy atom. The molecule has 0 unspecified atom stereocenters. The molecule has 1 aliphatic heterocycles. The number of carbonyl (C=O) groups is 1. The van der Waals surface area contributed by atoms with Crippen molar-refractivity contribution in [3.05, 3.63) is 87.6 Å². The van der Waals surface area contributed by atoms with E-state index in [1.54, 1.807) is 32.4 Å². The van der Waals surface area contributed by atoms with Gasteiger partial charge in [-0.25, -0.2) is 4.90 Å². The fraction of sp³-hybridized carbons (Fsp3) is 0.185. The lowest BCUT2D eigenvalue weighted by atomic mass is 10.1. The number of methoxy groups -OCH3 is 2. The number of ether oxygens (including phenoxy) is 3. The van der Waals surface area contributed by atoms with E-state index in [0.717, 1.165) is 33.0 Å². The number of benzene rings is 3. The molecule has 1 saturated heterocycles. The summed E-state index contributed by atoms with van der Waals surface area (Å²) in [6.45, 7) is 4.17. The number of halogens is 1. The SMILES string of the molecule is COc1ccc(/C=C2/NC(=S)N(c3ccccc3OC)C2=O)cc1COc1cc(C)c(Cl)c(C)c1. The third-order valence-corrected chi connectivity index (χ3v) is 6.50. The van der Waals surface area contributed by atoms with E-state index in [1.807, 2.05) is 56.3 Å². The number of rotatable bonds is 7. The maximum absolute atomic E-state index is 13.2. The van der Waals surface area contributed by atoms with E-state index in [4.69, 9.17) is 38.0 Å². The van der Waals surface area contributed by atoms with Gasteiger partial charge in [0.1, 0.15) is 29.6 Å². The van der Waals surface area contributed by atoms with Crippen molar-refractivity contribution in [2.24, 2.45) is 0 Å². The number of hydrogen-bond acceptors (Lipinski definition) is 5. The van der Waals surface area contributed by atoms with Crippen LogP contribution in [0.1, 0.15) is 22.3 Å². The zero-order valence-electron chi connectivity index (χ0n) is 19.8. The molecule has 3 aromatic rings. The molecule has 1 N–H and O–H groups in total. The molecular formula is C27H25ClN2O4S. The topological polar surface area (TPSA) is 60.0 Å². The first-order chi connectivity index (χ1) is 16.8. The van der Waals surface area contributed by atoms with Crippen LogP contribution in [0, 0.1) is 13.8 Å². The Kier molecular flexibility index (Phi) is 7.28. The van der Waals surface area contributed by atoms with E-state index in [1.165, 1.54) is 4.90 Å². The van der Waals surface area contributed by atoms with Gasteiger partial charge >= 0.3 is 0 Å². The van der Waals surface area contributed by atoms with Crippen LogP contribution in [0.2, 0.25) is 5.02 Å². The molecular weight excluding hydrogens is 484 g/mol. The Hall–Kier alpha value is -3.55. The monoisotopic (exact) mass is 508 g/mol. The van der Waals surface area contributed by atoms with Crippen molar-refractivity contribution in [3.8, 4) is 17.2 Å². The smallest absolute Gasteiger partial charge is 0.281 e. The largest absolute Gasteiger partial charge is 0.496 e. The molecule has 1 fully saturated rings. The number of nitrogens with one attached hydrogen (secondary N) is 1. The summed E-state index contributed by atoms with van der Waals surface area (Å²) in [6, 6.07) is 16.7. The van der Waals surface area contributed by atoms with Crippen LogP contribution in [0.4, 0.5) is 5.69 Å². The Morgan fingerprint density at radius 2 is 1.69 bits per heavy atom. The van der Waals surface area contributed by atoms with Gasteiger partial charge in [-0.1, -0.05) is 29.8 Å². The highest BCUT2D eigenvalue weighted by Gasteiger charge is 2.33. The molecule has 3 aromatic carbocycles. The van der Waals surface area contributed by atoms with Gasteiger partial charge in [0.2, 0.25) is 0 Å². The van der Waals surface area contributed by atoms with Crippen molar-refractivity contribution in [2.75, 3.05) is 19.1 Å². The van der Waals surface area contributed by atoms with Gasteiger partial charge < -0.3 is 19.5 Å². The number of para-hydroxylation sites is 2. The lowest BCUT2D eigenvalue weighted by Crippen LogP contribution is -2.30. The summed E-state index contributed by atoms with van der Waals surface area (Å²) in [7, 11) is 3.17. The zero-order valence-corrected chi connectivity index (χ0v) is 21.4. The molecule has 6 nitrogen and oxygen atoms in total. The molecule has 0 atom stereocenters. The number of aryl methyl sites for hydroxylation is 2. The molecule has 1 aliphatic rings.